The van der Waals surface area contributed by atoms with Crippen molar-refractivity contribution in [2.24, 2.45) is 11.3 Å². The summed E-state index contributed by atoms with van der Waals surface area (Å²) in [7, 11) is 4.52. The van der Waals surface area contributed by atoms with Gasteiger partial charge >= 0.3 is 12.0 Å². The molecule has 0 aromatic heterocycles. The van der Waals surface area contributed by atoms with Crippen LogP contribution in [0, 0.1) is 11.3 Å². The number of anilines is 1. The first-order chi connectivity index (χ1) is 12.4. The lowest BCUT2D eigenvalue weighted by Crippen LogP contribution is -2.38. The van der Waals surface area contributed by atoms with Gasteiger partial charge in [-0.1, -0.05) is 6.42 Å². The van der Waals surface area contributed by atoms with Crippen LogP contribution in [0.15, 0.2) is 12.1 Å². The summed E-state index contributed by atoms with van der Waals surface area (Å²) >= 11 is 0. The van der Waals surface area contributed by atoms with E-state index in [1.807, 2.05) is 0 Å². The van der Waals surface area contributed by atoms with Crippen molar-refractivity contribution in [3.8, 4) is 17.2 Å². The Morgan fingerprint density at radius 3 is 2.38 bits per heavy atom. The number of carbonyl (C=O) groups is 2. The van der Waals surface area contributed by atoms with Gasteiger partial charge in [0.25, 0.3) is 0 Å². The Hall–Kier alpha value is -2.64. The third-order valence-corrected chi connectivity index (χ3v) is 5.53. The van der Waals surface area contributed by atoms with Crippen molar-refractivity contribution in [3.63, 3.8) is 0 Å². The van der Waals surface area contributed by atoms with Crippen LogP contribution in [-0.4, -0.2) is 56.4 Å². The number of fused-ring (bicyclic) bond motifs is 1. The normalized spacial score (nSPS) is 24.1. The minimum atomic E-state index is -0.807. The highest BCUT2D eigenvalue weighted by molar-refractivity contribution is 5.92. The van der Waals surface area contributed by atoms with Gasteiger partial charge < -0.3 is 29.5 Å². The standard InChI is InChI=1S/C18H24N2O6/c1-24-13-8-15(26-3)14(25-2)7-12(13)19-17(23)20-9-11-5-4-6-18(11,10-20)16(21)22/h7-8,11H,4-6,9-10H2,1-3H3,(H,19,23)(H,21,22)/t11-,18+/m0/s1. The first-order valence-electron chi connectivity index (χ1n) is 8.54. The van der Waals surface area contributed by atoms with Gasteiger partial charge in [-0.2, -0.15) is 0 Å². The second kappa shape index (κ2) is 6.93. The maximum Gasteiger partial charge on any atom is 0.321 e. The lowest BCUT2D eigenvalue weighted by molar-refractivity contribution is -0.149. The van der Waals surface area contributed by atoms with Crippen LogP contribution in [0.3, 0.4) is 0 Å². The highest BCUT2D eigenvalue weighted by Crippen LogP contribution is 2.49. The van der Waals surface area contributed by atoms with E-state index in [9.17, 15) is 14.7 Å². The van der Waals surface area contributed by atoms with Gasteiger partial charge in [0.05, 0.1) is 32.4 Å². The monoisotopic (exact) mass is 364 g/mol. The van der Waals surface area contributed by atoms with Gasteiger partial charge in [-0.25, -0.2) is 4.79 Å². The number of rotatable bonds is 5. The summed E-state index contributed by atoms with van der Waals surface area (Å²) in [4.78, 5) is 26.1. The number of hydrogen-bond donors (Lipinski definition) is 2. The van der Waals surface area contributed by atoms with Crippen molar-refractivity contribution < 1.29 is 28.9 Å². The Bertz CT molecular complexity index is 722. The van der Waals surface area contributed by atoms with Gasteiger partial charge in [-0.05, 0) is 18.8 Å². The summed E-state index contributed by atoms with van der Waals surface area (Å²) < 4.78 is 15.8. The van der Waals surface area contributed by atoms with E-state index in [0.717, 1.165) is 12.8 Å². The fourth-order valence-electron chi connectivity index (χ4n) is 4.11. The number of amides is 2. The van der Waals surface area contributed by atoms with E-state index in [2.05, 4.69) is 5.32 Å². The molecule has 142 valence electrons. The maximum atomic E-state index is 12.7. The molecule has 3 rings (SSSR count). The van der Waals surface area contributed by atoms with E-state index in [1.54, 1.807) is 17.0 Å². The van der Waals surface area contributed by atoms with E-state index < -0.39 is 11.4 Å². The number of nitrogens with zero attached hydrogens (tertiary/aromatic N) is 1. The van der Waals surface area contributed by atoms with Crippen LogP contribution in [0.1, 0.15) is 19.3 Å². The highest BCUT2D eigenvalue weighted by atomic mass is 16.5. The van der Waals surface area contributed by atoms with Crippen molar-refractivity contribution in [2.45, 2.75) is 19.3 Å². The third kappa shape index (κ3) is 2.89. The zero-order valence-electron chi connectivity index (χ0n) is 15.2. The molecule has 0 bridgehead atoms. The van der Waals surface area contributed by atoms with E-state index in [-0.39, 0.29) is 18.5 Å². The first kappa shape index (κ1) is 18.2. The van der Waals surface area contributed by atoms with E-state index >= 15 is 0 Å². The summed E-state index contributed by atoms with van der Waals surface area (Å²) in [6.45, 7) is 0.683. The molecule has 1 aromatic rings. The molecule has 2 fully saturated rings. The molecule has 1 aliphatic carbocycles. The fourth-order valence-corrected chi connectivity index (χ4v) is 4.11. The van der Waals surface area contributed by atoms with Crippen molar-refractivity contribution in [3.05, 3.63) is 12.1 Å². The maximum absolute atomic E-state index is 12.7. The van der Waals surface area contributed by atoms with Gasteiger partial charge in [0, 0.05) is 25.2 Å². The number of methoxy groups -OCH3 is 3. The predicted octanol–water partition coefficient (Wildman–Crippen LogP) is 2.43. The Kier molecular flexibility index (Phi) is 4.84. The number of carboxylic acid groups (broad SMARTS) is 1. The van der Waals surface area contributed by atoms with Crippen LogP contribution in [0.25, 0.3) is 0 Å². The van der Waals surface area contributed by atoms with Gasteiger partial charge in [-0.15, -0.1) is 0 Å². The molecule has 8 heteroatoms. The molecule has 2 amide bonds. The molecular weight excluding hydrogens is 340 g/mol. The average Bonchev–Trinajstić information content (AvgIpc) is 3.19. The number of carbonyl (C=O) groups excluding carboxylic acids is 1. The lowest BCUT2D eigenvalue weighted by Gasteiger charge is -2.23. The first-order valence-corrected chi connectivity index (χ1v) is 8.54. The quantitative estimate of drug-likeness (QED) is 0.833. The summed E-state index contributed by atoms with van der Waals surface area (Å²) in [5, 5.41) is 12.5. The number of nitrogens with one attached hydrogen (secondary N) is 1. The second-order valence-electron chi connectivity index (χ2n) is 6.77. The number of ether oxygens (including phenoxy) is 3. The number of aliphatic carboxylic acids is 1. The van der Waals surface area contributed by atoms with E-state index in [4.69, 9.17) is 14.2 Å². The van der Waals surface area contributed by atoms with Crippen LogP contribution in [0.2, 0.25) is 0 Å². The van der Waals surface area contributed by atoms with Crippen LogP contribution in [0.4, 0.5) is 10.5 Å². The topological polar surface area (TPSA) is 97.3 Å². The Morgan fingerprint density at radius 2 is 1.81 bits per heavy atom. The summed E-state index contributed by atoms with van der Waals surface area (Å²) in [6, 6.07) is 2.91. The lowest BCUT2D eigenvalue weighted by atomic mass is 9.81. The molecule has 2 N–H and O–H groups in total. The SMILES string of the molecule is COc1cc(OC)c(OC)cc1NC(=O)N1C[C@@H]2CCC[C@@]2(C(=O)O)C1. The van der Waals surface area contributed by atoms with Gasteiger partial charge in [-0.3, -0.25) is 4.79 Å². The van der Waals surface area contributed by atoms with Crippen molar-refractivity contribution >= 4 is 17.7 Å². The van der Waals surface area contributed by atoms with Crippen molar-refractivity contribution in [1.29, 1.82) is 0 Å². The van der Waals surface area contributed by atoms with Crippen LogP contribution >= 0.6 is 0 Å². The molecule has 0 spiro atoms. The zero-order valence-corrected chi connectivity index (χ0v) is 15.2. The zero-order chi connectivity index (χ0) is 18.9. The summed E-state index contributed by atoms with van der Waals surface area (Å²) in [5.74, 6) is 0.590. The molecule has 8 nitrogen and oxygen atoms in total. The molecule has 1 saturated heterocycles. The molecule has 1 aromatic carbocycles. The van der Waals surface area contributed by atoms with Crippen LogP contribution in [0.5, 0.6) is 17.2 Å². The minimum Gasteiger partial charge on any atom is -0.494 e. The van der Waals surface area contributed by atoms with Crippen molar-refractivity contribution in [1.82, 2.24) is 4.90 Å². The smallest absolute Gasteiger partial charge is 0.321 e. The molecule has 1 heterocycles. The largest absolute Gasteiger partial charge is 0.494 e. The van der Waals surface area contributed by atoms with Crippen molar-refractivity contribution in [2.75, 3.05) is 39.7 Å². The Morgan fingerprint density at radius 1 is 1.15 bits per heavy atom. The number of likely N-dealkylation sites (tertiary alicyclic amines) is 1. The van der Waals surface area contributed by atoms with Crippen LogP contribution < -0.4 is 19.5 Å². The molecule has 0 unspecified atom stereocenters. The number of carboxylic acids is 1. The van der Waals surface area contributed by atoms with Crippen LogP contribution in [-0.2, 0) is 4.79 Å². The van der Waals surface area contributed by atoms with E-state index in [0.29, 0.717) is 35.9 Å². The predicted molar refractivity (Wildman–Crippen MR) is 94.1 cm³/mol. The average molecular weight is 364 g/mol. The van der Waals surface area contributed by atoms with Gasteiger partial charge in [0.15, 0.2) is 11.5 Å². The summed E-state index contributed by atoms with van der Waals surface area (Å²) in [6.07, 6.45) is 2.36. The number of hydrogen-bond acceptors (Lipinski definition) is 5. The molecular formula is C18H24N2O6. The third-order valence-electron chi connectivity index (χ3n) is 5.53. The fraction of sp³-hybridized carbons (Fsp3) is 0.556. The number of urea groups is 1. The molecule has 1 saturated carbocycles. The minimum absolute atomic E-state index is 0.0121. The van der Waals surface area contributed by atoms with E-state index in [1.165, 1.54) is 21.3 Å². The molecule has 1 aliphatic heterocycles. The van der Waals surface area contributed by atoms with Gasteiger partial charge in [0.1, 0.15) is 5.75 Å². The molecule has 26 heavy (non-hydrogen) atoms. The molecule has 2 atom stereocenters. The highest BCUT2D eigenvalue weighted by Gasteiger charge is 2.55. The molecule has 2 aliphatic rings. The molecule has 0 radical (unpaired) electrons. The Balaban J connectivity index is 1.80. The van der Waals surface area contributed by atoms with Gasteiger partial charge in [0.2, 0.25) is 0 Å². The Labute approximate surface area is 152 Å². The number of benzene rings is 1. The summed E-state index contributed by atoms with van der Waals surface area (Å²) in [5.41, 5.74) is -0.365. The second-order valence-corrected chi connectivity index (χ2v) is 6.77.